The topological polar surface area (TPSA) is 66.5 Å². The zero-order valence-electron chi connectivity index (χ0n) is 14.6. The second kappa shape index (κ2) is 7.32. The minimum atomic E-state index is 0.307. The van der Waals surface area contributed by atoms with Gasteiger partial charge in [-0.3, -0.25) is 4.99 Å². The van der Waals surface area contributed by atoms with Crippen LogP contribution in [0.15, 0.2) is 9.52 Å². The molecular weight excluding hydrogens is 290 g/mol. The molecule has 0 radical (unpaired) electrons. The van der Waals surface area contributed by atoms with Gasteiger partial charge in [-0.2, -0.15) is 4.98 Å². The molecule has 2 fully saturated rings. The minimum Gasteiger partial charge on any atom is -0.356 e. The van der Waals surface area contributed by atoms with Crippen LogP contribution in [0.1, 0.15) is 57.2 Å². The standard InChI is InChI=1S/C17H29N5O/c1-12(2)16-20-15(23-21-16)8-9-19-17(18-3)22-10-13-6-4-5-7-14(13)11-22/h12-14H,4-11H2,1-3H3,(H,18,19). The van der Waals surface area contributed by atoms with Gasteiger partial charge in [0.15, 0.2) is 11.8 Å². The summed E-state index contributed by atoms with van der Waals surface area (Å²) in [6.45, 7) is 7.23. The Labute approximate surface area is 138 Å². The van der Waals surface area contributed by atoms with Crippen molar-refractivity contribution in [1.29, 1.82) is 0 Å². The Morgan fingerprint density at radius 1 is 1.30 bits per heavy atom. The number of guanidine groups is 1. The van der Waals surface area contributed by atoms with Crippen molar-refractivity contribution in [2.75, 3.05) is 26.7 Å². The number of nitrogens with one attached hydrogen (secondary N) is 1. The van der Waals surface area contributed by atoms with E-state index >= 15 is 0 Å². The van der Waals surface area contributed by atoms with E-state index in [9.17, 15) is 0 Å². The SMILES string of the molecule is CN=C(NCCc1nc(C(C)C)no1)N1CC2CCCCC2C1. The predicted molar refractivity (Wildman–Crippen MR) is 90.5 cm³/mol. The Kier molecular flexibility index (Phi) is 5.18. The summed E-state index contributed by atoms with van der Waals surface area (Å²) in [5.74, 6) is 4.54. The summed E-state index contributed by atoms with van der Waals surface area (Å²) in [7, 11) is 1.87. The third kappa shape index (κ3) is 3.85. The van der Waals surface area contributed by atoms with E-state index in [-0.39, 0.29) is 0 Å². The summed E-state index contributed by atoms with van der Waals surface area (Å²) in [4.78, 5) is 11.3. The zero-order chi connectivity index (χ0) is 16.2. The summed E-state index contributed by atoms with van der Waals surface area (Å²) in [6, 6.07) is 0. The summed E-state index contributed by atoms with van der Waals surface area (Å²) < 4.78 is 5.29. The molecule has 6 heteroatoms. The van der Waals surface area contributed by atoms with Crippen LogP contribution in [-0.2, 0) is 6.42 Å². The number of rotatable bonds is 4. The van der Waals surface area contributed by atoms with Gasteiger partial charge < -0.3 is 14.7 Å². The lowest BCUT2D eigenvalue weighted by Crippen LogP contribution is -2.41. The molecule has 1 saturated heterocycles. The summed E-state index contributed by atoms with van der Waals surface area (Å²) in [5.41, 5.74) is 0. The van der Waals surface area contributed by atoms with Crippen LogP contribution in [-0.4, -0.2) is 47.7 Å². The van der Waals surface area contributed by atoms with Gasteiger partial charge in [-0.15, -0.1) is 0 Å². The minimum absolute atomic E-state index is 0.307. The molecule has 3 rings (SSSR count). The first-order valence-corrected chi connectivity index (χ1v) is 8.95. The molecule has 2 aliphatic rings. The number of fused-ring (bicyclic) bond motifs is 1. The van der Waals surface area contributed by atoms with E-state index in [1.807, 2.05) is 7.05 Å². The van der Waals surface area contributed by atoms with Crippen molar-refractivity contribution in [3.8, 4) is 0 Å². The molecule has 128 valence electrons. The van der Waals surface area contributed by atoms with Gasteiger partial charge in [-0.25, -0.2) is 0 Å². The number of nitrogens with zero attached hydrogens (tertiary/aromatic N) is 4. The molecule has 1 aromatic rings. The Morgan fingerprint density at radius 3 is 2.57 bits per heavy atom. The number of hydrogen-bond donors (Lipinski definition) is 1. The van der Waals surface area contributed by atoms with E-state index in [4.69, 9.17) is 4.52 Å². The molecular formula is C17H29N5O. The maximum atomic E-state index is 5.29. The van der Waals surface area contributed by atoms with Crippen molar-refractivity contribution in [2.24, 2.45) is 16.8 Å². The Hall–Kier alpha value is -1.59. The molecule has 23 heavy (non-hydrogen) atoms. The van der Waals surface area contributed by atoms with Crippen molar-refractivity contribution in [3.63, 3.8) is 0 Å². The van der Waals surface area contributed by atoms with E-state index in [0.29, 0.717) is 11.8 Å². The van der Waals surface area contributed by atoms with Crippen LogP contribution in [0.25, 0.3) is 0 Å². The highest BCUT2D eigenvalue weighted by atomic mass is 16.5. The van der Waals surface area contributed by atoms with Crippen LogP contribution in [0, 0.1) is 11.8 Å². The smallest absolute Gasteiger partial charge is 0.228 e. The molecule has 0 spiro atoms. The van der Waals surface area contributed by atoms with Gasteiger partial charge in [-0.05, 0) is 24.7 Å². The van der Waals surface area contributed by atoms with Gasteiger partial charge in [0, 0.05) is 39.0 Å². The molecule has 1 aromatic heterocycles. The van der Waals surface area contributed by atoms with Crippen LogP contribution < -0.4 is 5.32 Å². The number of aliphatic imine (C=N–C) groups is 1. The third-order valence-electron chi connectivity index (χ3n) is 5.11. The lowest BCUT2D eigenvalue weighted by atomic mass is 9.82. The summed E-state index contributed by atoms with van der Waals surface area (Å²) in [5, 5.41) is 7.46. The molecule has 2 unspecified atom stereocenters. The molecule has 2 atom stereocenters. The van der Waals surface area contributed by atoms with Gasteiger partial charge in [0.2, 0.25) is 5.89 Å². The molecule has 1 aliphatic heterocycles. The fourth-order valence-corrected chi connectivity index (χ4v) is 3.80. The van der Waals surface area contributed by atoms with Gasteiger partial charge in [0.1, 0.15) is 0 Å². The van der Waals surface area contributed by atoms with Crippen LogP contribution in [0.5, 0.6) is 0 Å². The zero-order valence-corrected chi connectivity index (χ0v) is 14.6. The normalized spacial score (nSPS) is 25.0. The summed E-state index contributed by atoms with van der Waals surface area (Å²) >= 11 is 0. The lowest BCUT2D eigenvalue weighted by Gasteiger charge is -2.22. The van der Waals surface area contributed by atoms with Gasteiger partial charge in [-0.1, -0.05) is 31.8 Å². The van der Waals surface area contributed by atoms with Crippen molar-refractivity contribution < 1.29 is 4.52 Å². The number of aromatic nitrogens is 2. The molecule has 1 aliphatic carbocycles. The molecule has 1 saturated carbocycles. The lowest BCUT2D eigenvalue weighted by molar-refractivity contribution is 0.299. The fourth-order valence-electron chi connectivity index (χ4n) is 3.80. The fraction of sp³-hybridized carbons (Fsp3) is 0.824. The monoisotopic (exact) mass is 319 g/mol. The van der Waals surface area contributed by atoms with Crippen molar-refractivity contribution in [3.05, 3.63) is 11.7 Å². The van der Waals surface area contributed by atoms with Crippen LogP contribution in [0.4, 0.5) is 0 Å². The number of hydrogen-bond acceptors (Lipinski definition) is 4. The first-order chi connectivity index (χ1) is 11.2. The molecule has 0 bridgehead atoms. The maximum absolute atomic E-state index is 5.29. The van der Waals surface area contributed by atoms with Crippen LogP contribution in [0.2, 0.25) is 0 Å². The Balaban J connectivity index is 1.48. The van der Waals surface area contributed by atoms with Crippen molar-refractivity contribution in [2.45, 2.75) is 51.9 Å². The van der Waals surface area contributed by atoms with E-state index in [0.717, 1.165) is 49.7 Å². The summed E-state index contributed by atoms with van der Waals surface area (Å²) in [6.07, 6.45) is 6.31. The third-order valence-corrected chi connectivity index (χ3v) is 5.11. The second-order valence-electron chi connectivity index (χ2n) is 7.13. The maximum Gasteiger partial charge on any atom is 0.228 e. The highest BCUT2D eigenvalue weighted by Gasteiger charge is 2.35. The first kappa shape index (κ1) is 16.3. The first-order valence-electron chi connectivity index (χ1n) is 8.95. The van der Waals surface area contributed by atoms with E-state index in [2.05, 4.69) is 39.2 Å². The molecule has 1 N–H and O–H groups in total. The van der Waals surface area contributed by atoms with Crippen molar-refractivity contribution >= 4 is 5.96 Å². The highest BCUT2D eigenvalue weighted by Crippen LogP contribution is 2.35. The number of likely N-dealkylation sites (tertiary alicyclic amines) is 1. The van der Waals surface area contributed by atoms with E-state index in [1.165, 1.54) is 25.7 Å². The van der Waals surface area contributed by atoms with Gasteiger partial charge in [0.25, 0.3) is 0 Å². The molecule has 2 heterocycles. The van der Waals surface area contributed by atoms with E-state index < -0.39 is 0 Å². The average Bonchev–Trinajstić information content (AvgIpc) is 3.18. The average molecular weight is 319 g/mol. The second-order valence-corrected chi connectivity index (χ2v) is 7.13. The van der Waals surface area contributed by atoms with Crippen molar-refractivity contribution in [1.82, 2.24) is 20.4 Å². The molecule has 6 nitrogen and oxygen atoms in total. The Bertz CT molecular complexity index is 525. The largest absolute Gasteiger partial charge is 0.356 e. The van der Waals surface area contributed by atoms with Gasteiger partial charge in [0.05, 0.1) is 0 Å². The van der Waals surface area contributed by atoms with E-state index in [1.54, 1.807) is 0 Å². The Morgan fingerprint density at radius 2 is 2.00 bits per heavy atom. The van der Waals surface area contributed by atoms with Crippen LogP contribution >= 0.6 is 0 Å². The quantitative estimate of drug-likeness (QED) is 0.682. The van der Waals surface area contributed by atoms with Gasteiger partial charge >= 0.3 is 0 Å². The highest BCUT2D eigenvalue weighted by molar-refractivity contribution is 5.80. The molecule has 0 aromatic carbocycles. The molecule has 0 amide bonds. The van der Waals surface area contributed by atoms with Crippen LogP contribution in [0.3, 0.4) is 0 Å². The predicted octanol–water partition coefficient (Wildman–Crippen LogP) is 2.43.